The molecular formula is C14H13FN2O2S. The molecule has 0 amide bonds. The first-order chi connectivity index (χ1) is 9.60. The number of hydrogen-bond acceptors (Lipinski definition) is 4. The van der Waals surface area contributed by atoms with Gasteiger partial charge in [0.1, 0.15) is 5.82 Å². The van der Waals surface area contributed by atoms with Gasteiger partial charge in [-0.2, -0.15) is 0 Å². The first kappa shape index (κ1) is 14.5. The van der Waals surface area contributed by atoms with Crippen molar-refractivity contribution in [3.63, 3.8) is 0 Å². The summed E-state index contributed by atoms with van der Waals surface area (Å²) in [6, 6.07) is 10.9. The second-order valence-electron chi connectivity index (χ2n) is 4.15. The second kappa shape index (κ2) is 6.49. The average Bonchev–Trinajstić information content (AvgIpc) is 2.43. The molecule has 104 valence electrons. The van der Waals surface area contributed by atoms with Crippen LogP contribution in [0.15, 0.2) is 52.3 Å². The molecule has 0 saturated carbocycles. The number of benzene rings is 2. The van der Waals surface area contributed by atoms with Gasteiger partial charge in [0.15, 0.2) is 0 Å². The van der Waals surface area contributed by atoms with E-state index in [1.54, 1.807) is 24.3 Å². The molecule has 0 unspecified atom stereocenters. The highest BCUT2D eigenvalue weighted by Crippen LogP contribution is 2.35. The summed E-state index contributed by atoms with van der Waals surface area (Å²) in [6.07, 6.45) is 0.600. The van der Waals surface area contributed by atoms with Gasteiger partial charge in [0.2, 0.25) is 0 Å². The SMILES string of the molecule is NCCc1ccc(Sc2ccc(F)cc2)c([N+](=O)[O-])c1. The molecule has 0 aromatic heterocycles. The lowest BCUT2D eigenvalue weighted by atomic mass is 10.1. The van der Waals surface area contributed by atoms with Crippen molar-refractivity contribution in [1.82, 2.24) is 0 Å². The van der Waals surface area contributed by atoms with Crippen molar-refractivity contribution < 1.29 is 9.31 Å². The van der Waals surface area contributed by atoms with Crippen LogP contribution in [0.25, 0.3) is 0 Å². The summed E-state index contributed by atoms with van der Waals surface area (Å²) in [5, 5.41) is 11.1. The maximum atomic E-state index is 12.8. The van der Waals surface area contributed by atoms with Crippen LogP contribution in [0.5, 0.6) is 0 Å². The molecule has 4 nitrogen and oxygen atoms in total. The Bertz CT molecular complexity index is 617. The molecule has 0 bridgehead atoms. The van der Waals surface area contributed by atoms with Gasteiger partial charge in [-0.1, -0.05) is 17.8 Å². The standard InChI is InChI=1S/C14H13FN2O2S/c15-11-2-4-12(5-3-11)20-14-6-1-10(7-8-16)9-13(14)17(18)19/h1-6,9H,7-8,16H2. The van der Waals surface area contributed by atoms with Crippen molar-refractivity contribution in [2.75, 3.05) is 6.54 Å². The lowest BCUT2D eigenvalue weighted by Crippen LogP contribution is -2.03. The zero-order chi connectivity index (χ0) is 14.5. The number of rotatable bonds is 5. The molecule has 0 aliphatic carbocycles. The van der Waals surface area contributed by atoms with Gasteiger partial charge in [0.25, 0.3) is 5.69 Å². The van der Waals surface area contributed by atoms with E-state index in [4.69, 9.17) is 5.73 Å². The molecular weight excluding hydrogens is 279 g/mol. The van der Waals surface area contributed by atoms with Gasteiger partial charge in [-0.05, 0) is 48.9 Å². The molecule has 0 fully saturated rings. The third-order valence-corrected chi connectivity index (χ3v) is 3.77. The highest BCUT2D eigenvalue weighted by Gasteiger charge is 2.15. The highest BCUT2D eigenvalue weighted by atomic mass is 32.2. The van der Waals surface area contributed by atoms with Gasteiger partial charge >= 0.3 is 0 Å². The number of nitrogens with two attached hydrogens (primary N) is 1. The summed E-state index contributed by atoms with van der Waals surface area (Å²) >= 11 is 1.24. The predicted octanol–water partition coefficient (Wildman–Crippen LogP) is 3.39. The van der Waals surface area contributed by atoms with E-state index >= 15 is 0 Å². The largest absolute Gasteiger partial charge is 0.330 e. The Balaban J connectivity index is 2.30. The Morgan fingerprint density at radius 2 is 1.90 bits per heavy atom. The summed E-state index contributed by atoms with van der Waals surface area (Å²) in [5.41, 5.74) is 6.33. The molecule has 0 aliphatic rings. The fraction of sp³-hybridized carbons (Fsp3) is 0.143. The minimum Gasteiger partial charge on any atom is -0.330 e. The number of nitro benzene ring substituents is 1. The van der Waals surface area contributed by atoms with Gasteiger partial charge in [-0.3, -0.25) is 10.1 Å². The van der Waals surface area contributed by atoms with Crippen LogP contribution >= 0.6 is 11.8 Å². The maximum Gasteiger partial charge on any atom is 0.283 e. The van der Waals surface area contributed by atoms with Crippen LogP contribution in [0.1, 0.15) is 5.56 Å². The van der Waals surface area contributed by atoms with E-state index in [9.17, 15) is 14.5 Å². The molecule has 2 aromatic rings. The van der Waals surface area contributed by atoms with Crippen molar-refractivity contribution in [2.45, 2.75) is 16.2 Å². The molecule has 6 heteroatoms. The van der Waals surface area contributed by atoms with Crippen LogP contribution in [-0.2, 0) is 6.42 Å². The van der Waals surface area contributed by atoms with Crippen LogP contribution in [0.2, 0.25) is 0 Å². The summed E-state index contributed by atoms with van der Waals surface area (Å²) in [4.78, 5) is 12.0. The Morgan fingerprint density at radius 1 is 1.20 bits per heavy atom. The van der Waals surface area contributed by atoms with E-state index < -0.39 is 4.92 Å². The second-order valence-corrected chi connectivity index (χ2v) is 5.27. The van der Waals surface area contributed by atoms with Gasteiger partial charge < -0.3 is 5.73 Å². The van der Waals surface area contributed by atoms with E-state index in [-0.39, 0.29) is 11.5 Å². The van der Waals surface area contributed by atoms with E-state index in [0.29, 0.717) is 17.9 Å². The van der Waals surface area contributed by atoms with Crippen LogP contribution in [0.3, 0.4) is 0 Å². The molecule has 0 aliphatic heterocycles. The summed E-state index contributed by atoms with van der Waals surface area (Å²) in [6.45, 7) is 0.446. The first-order valence-electron chi connectivity index (χ1n) is 6.01. The van der Waals surface area contributed by atoms with Gasteiger partial charge in [0, 0.05) is 11.0 Å². The van der Waals surface area contributed by atoms with Crippen molar-refractivity contribution in [2.24, 2.45) is 5.73 Å². The molecule has 0 spiro atoms. The monoisotopic (exact) mass is 292 g/mol. The molecule has 2 rings (SSSR count). The zero-order valence-corrected chi connectivity index (χ0v) is 11.4. The van der Waals surface area contributed by atoms with E-state index in [2.05, 4.69) is 0 Å². The molecule has 0 atom stereocenters. The quantitative estimate of drug-likeness (QED) is 0.677. The fourth-order valence-corrected chi connectivity index (χ4v) is 2.64. The smallest absolute Gasteiger partial charge is 0.283 e. The number of nitro groups is 1. The number of nitrogens with zero attached hydrogens (tertiary/aromatic N) is 1. The van der Waals surface area contributed by atoms with Gasteiger partial charge in [-0.25, -0.2) is 4.39 Å². The summed E-state index contributed by atoms with van der Waals surface area (Å²) < 4.78 is 12.8. The molecule has 0 radical (unpaired) electrons. The van der Waals surface area contributed by atoms with Crippen molar-refractivity contribution in [1.29, 1.82) is 0 Å². The Kier molecular flexibility index (Phi) is 4.70. The van der Waals surface area contributed by atoms with Crippen molar-refractivity contribution in [3.05, 3.63) is 64.0 Å². The maximum absolute atomic E-state index is 12.8. The number of hydrogen-bond donors (Lipinski definition) is 1. The third kappa shape index (κ3) is 3.55. The Morgan fingerprint density at radius 3 is 2.50 bits per heavy atom. The third-order valence-electron chi connectivity index (χ3n) is 2.69. The molecule has 2 N–H and O–H groups in total. The lowest BCUT2D eigenvalue weighted by Gasteiger charge is -2.05. The topological polar surface area (TPSA) is 69.2 Å². The Labute approximate surface area is 119 Å². The summed E-state index contributed by atoms with van der Waals surface area (Å²) in [5.74, 6) is -0.331. The zero-order valence-electron chi connectivity index (χ0n) is 10.6. The minimum atomic E-state index is -0.411. The highest BCUT2D eigenvalue weighted by molar-refractivity contribution is 7.99. The van der Waals surface area contributed by atoms with E-state index in [0.717, 1.165) is 10.5 Å². The fourth-order valence-electron chi connectivity index (χ4n) is 1.74. The van der Waals surface area contributed by atoms with E-state index in [1.807, 2.05) is 6.07 Å². The summed E-state index contributed by atoms with van der Waals surface area (Å²) in [7, 11) is 0. The van der Waals surface area contributed by atoms with Crippen LogP contribution in [0, 0.1) is 15.9 Å². The van der Waals surface area contributed by atoms with Crippen LogP contribution in [0.4, 0.5) is 10.1 Å². The first-order valence-corrected chi connectivity index (χ1v) is 6.82. The lowest BCUT2D eigenvalue weighted by molar-refractivity contribution is -0.387. The molecule has 0 heterocycles. The normalized spacial score (nSPS) is 10.5. The van der Waals surface area contributed by atoms with Gasteiger partial charge in [-0.15, -0.1) is 0 Å². The molecule has 0 saturated heterocycles. The van der Waals surface area contributed by atoms with Crippen molar-refractivity contribution in [3.8, 4) is 0 Å². The number of halogens is 1. The minimum absolute atomic E-state index is 0.0466. The van der Waals surface area contributed by atoms with Crippen LogP contribution < -0.4 is 5.73 Å². The molecule has 20 heavy (non-hydrogen) atoms. The predicted molar refractivity (Wildman–Crippen MR) is 76.4 cm³/mol. The molecule has 2 aromatic carbocycles. The average molecular weight is 292 g/mol. The van der Waals surface area contributed by atoms with Crippen molar-refractivity contribution >= 4 is 17.4 Å². The van der Waals surface area contributed by atoms with E-state index in [1.165, 1.54) is 23.9 Å². The van der Waals surface area contributed by atoms with Gasteiger partial charge in [0.05, 0.1) is 9.82 Å². The van der Waals surface area contributed by atoms with Crippen LogP contribution in [-0.4, -0.2) is 11.5 Å². The Hall–Kier alpha value is -1.92.